The van der Waals surface area contributed by atoms with Gasteiger partial charge in [0.25, 0.3) is 5.91 Å². The molecule has 33 heavy (non-hydrogen) atoms. The largest absolute Gasteiger partial charge is 0.493 e. The van der Waals surface area contributed by atoms with Gasteiger partial charge in [-0.3, -0.25) is 4.79 Å². The summed E-state index contributed by atoms with van der Waals surface area (Å²) in [6.07, 6.45) is 3.75. The van der Waals surface area contributed by atoms with Gasteiger partial charge in [-0.2, -0.15) is 5.10 Å². The second-order valence-electron chi connectivity index (χ2n) is 7.48. The highest BCUT2D eigenvalue weighted by Crippen LogP contribution is 2.38. The van der Waals surface area contributed by atoms with E-state index in [1.807, 2.05) is 60.8 Å². The third-order valence-corrected chi connectivity index (χ3v) is 5.72. The van der Waals surface area contributed by atoms with Crippen LogP contribution in [0.25, 0.3) is 28.6 Å². The SMILES string of the molecule is COc1ccc(-c2nn(-c3ccccc3)cc2/C=C2\C(=O)Nc3ccc(Cl)cc32)cc1OC. The van der Waals surface area contributed by atoms with Crippen molar-refractivity contribution in [2.75, 3.05) is 19.5 Å². The Balaban J connectivity index is 1.69. The summed E-state index contributed by atoms with van der Waals surface area (Å²) in [6.45, 7) is 0. The Kier molecular flexibility index (Phi) is 5.36. The second-order valence-corrected chi connectivity index (χ2v) is 7.92. The van der Waals surface area contributed by atoms with Crippen LogP contribution in [0.3, 0.4) is 0 Å². The molecule has 3 aromatic carbocycles. The number of nitrogens with one attached hydrogen (secondary N) is 1. The van der Waals surface area contributed by atoms with Crippen molar-refractivity contribution in [3.63, 3.8) is 0 Å². The van der Waals surface area contributed by atoms with Crippen LogP contribution in [0.15, 0.2) is 72.9 Å². The van der Waals surface area contributed by atoms with Crippen LogP contribution in [0.5, 0.6) is 11.5 Å². The highest BCUT2D eigenvalue weighted by atomic mass is 35.5. The number of rotatable bonds is 5. The Labute approximate surface area is 196 Å². The Morgan fingerprint density at radius 3 is 2.52 bits per heavy atom. The minimum Gasteiger partial charge on any atom is -0.493 e. The molecule has 164 valence electrons. The molecule has 0 unspecified atom stereocenters. The Hall–Kier alpha value is -4.03. The first kappa shape index (κ1) is 20.8. The van der Waals surface area contributed by atoms with Crippen LogP contribution in [0.1, 0.15) is 11.1 Å². The van der Waals surface area contributed by atoms with Gasteiger partial charge >= 0.3 is 0 Å². The molecule has 0 radical (unpaired) electrons. The molecular weight excluding hydrogens is 438 g/mol. The van der Waals surface area contributed by atoms with Crippen molar-refractivity contribution in [1.29, 1.82) is 0 Å². The fraction of sp³-hybridized carbons (Fsp3) is 0.0769. The van der Waals surface area contributed by atoms with Crippen LogP contribution in [-0.4, -0.2) is 29.9 Å². The van der Waals surface area contributed by atoms with Crippen LogP contribution in [0, 0.1) is 0 Å². The number of ether oxygens (including phenoxy) is 2. The highest BCUT2D eigenvalue weighted by Gasteiger charge is 2.25. The fourth-order valence-electron chi connectivity index (χ4n) is 3.87. The maximum Gasteiger partial charge on any atom is 0.256 e. The number of carbonyl (C=O) groups excluding carboxylic acids is 1. The molecule has 5 rings (SSSR count). The smallest absolute Gasteiger partial charge is 0.256 e. The van der Waals surface area contributed by atoms with Crippen LogP contribution in [-0.2, 0) is 4.79 Å². The van der Waals surface area contributed by atoms with Crippen molar-refractivity contribution in [3.05, 3.63) is 89.1 Å². The van der Waals surface area contributed by atoms with Gasteiger partial charge in [0, 0.05) is 39.2 Å². The number of fused-ring (bicyclic) bond motifs is 1. The average Bonchev–Trinajstić information content (AvgIpc) is 3.40. The Bertz CT molecular complexity index is 1390. The summed E-state index contributed by atoms with van der Waals surface area (Å²) in [5, 5.41) is 8.30. The number of benzene rings is 3. The van der Waals surface area contributed by atoms with Gasteiger partial charge in [-0.05, 0) is 54.6 Å². The molecule has 0 aliphatic carbocycles. The Morgan fingerprint density at radius 2 is 1.76 bits per heavy atom. The van der Waals surface area contributed by atoms with E-state index < -0.39 is 0 Å². The fourth-order valence-corrected chi connectivity index (χ4v) is 4.04. The summed E-state index contributed by atoms with van der Waals surface area (Å²) in [5.41, 5.74) is 5.25. The van der Waals surface area contributed by atoms with Crippen molar-refractivity contribution in [2.45, 2.75) is 0 Å². The zero-order valence-electron chi connectivity index (χ0n) is 18.0. The first-order valence-electron chi connectivity index (χ1n) is 10.3. The first-order valence-corrected chi connectivity index (χ1v) is 10.7. The van der Waals surface area contributed by atoms with Crippen LogP contribution in [0.4, 0.5) is 5.69 Å². The lowest BCUT2D eigenvalue weighted by molar-refractivity contribution is -0.110. The molecule has 1 aromatic heterocycles. The maximum absolute atomic E-state index is 12.8. The lowest BCUT2D eigenvalue weighted by atomic mass is 10.0. The highest BCUT2D eigenvalue weighted by molar-refractivity contribution is 6.36. The van der Waals surface area contributed by atoms with E-state index in [1.54, 1.807) is 37.1 Å². The number of nitrogens with zero attached hydrogens (tertiary/aromatic N) is 2. The monoisotopic (exact) mass is 457 g/mol. The summed E-state index contributed by atoms with van der Waals surface area (Å²) < 4.78 is 12.7. The summed E-state index contributed by atoms with van der Waals surface area (Å²) in [5.74, 6) is 1.04. The quantitative estimate of drug-likeness (QED) is 0.390. The van der Waals surface area contributed by atoms with Gasteiger partial charge < -0.3 is 14.8 Å². The third-order valence-electron chi connectivity index (χ3n) is 5.48. The third kappa shape index (κ3) is 3.85. The summed E-state index contributed by atoms with van der Waals surface area (Å²) >= 11 is 6.20. The average molecular weight is 458 g/mol. The standard InChI is InChI=1S/C26H20ClN3O3/c1-32-23-11-8-16(13-24(23)33-2)25-17(15-30(29-25)19-6-4-3-5-7-19)12-21-20-14-18(27)9-10-22(20)28-26(21)31/h3-15H,1-2H3,(H,28,31)/b21-12-. The van der Waals surface area contributed by atoms with Crippen molar-refractivity contribution >= 4 is 34.8 Å². The van der Waals surface area contributed by atoms with E-state index in [4.69, 9.17) is 26.2 Å². The van der Waals surface area contributed by atoms with Crippen LogP contribution >= 0.6 is 11.6 Å². The molecule has 0 fully saturated rings. The van der Waals surface area contributed by atoms with E-state index in [9.17, 15) is 4.79 Å². The number of anilines is 1. The van der Waals surface area contributed by atoms with Crippen LogP contribution < -0.4 is 14.8 Å². The zero-order valence-corrected chi connectivity index (χ0v) is 18.8. The molecule has 2 heterocycles. The van der Waals surface area contributed by atoms with E-state index >= 15 is 0 Å². The number of hydrogen-bond acceptors (Lipinski definition) is 4. The normalized spacial score (nSPS) is 13.7. The van der Waals surface area contributed by atoms with Crippen LogP contribution in [0.2, 0.25) is 5.02 Å². The van der Waals surface area contributed by atoms with Crippen molar-refractivity contribution in [1.82, 2.24) is 9.78 Å². The molecule has 7 heteroatoms. The Morgan fingerprint density at radius 1 is 0.970 bits per heavy atom. The number of carbonyl (C=O) groups is 1. The van der Waals surface area contributed by atoms with Gasteiger partial charge in [-0.1, -0.05) is 29.8 Å². The minimum absolute atomic E-state index is 0.182. The van der Waals surface area contributed by atoms with Gasteiger partial charge in [-0.15, -0.1) is 0 Å². The first-order chi connectivity index (χ1) is 16.1. The molecule has 0 spiro atoms. The van der Waals surface area contributed by atoms with E-state index in [1.165, 1.54) is 0 Å². The molecular formula is C26H20ClN3O3. The molecule has 4 aromatic rings. The number of halogens is 1. The summed E-state index contributed by atoms with van der Waals surface area (Å²) in [4.78, 5) is 12.8. The lowest BCUT2D eigenvalue weighted by Crippen LogP contribution is -2.03. The molecule has 0 atom stereocenters. The van der Waals surface area contributed by atoms with Gasteiger partial charge in [-0.25, -0.2) is 4.68 Å². The molecule has 0 saturated carbocycles. The molecule has 6 nitrogen and oxygen atoms in total. The van der Waals surface area contributed by atoms with E-state index in [0.717, 1.165) is 28.1 Å². The minimum atomic E-state index is -0.182. The molecule has 1 aliphatic heterocycles. The van der Waals surface area contributed by atoms with Gasteiger partial charge in [0.15, 0.2) is 11.5 Å². The predicted octanol–water partition coefficient (Wildman–Crippen LogP) is 5.70. The zero-order chi connectivity index (χ0) is 22.9. The van der Waals surface area contributed by atoms with E-state index in [0.29, 0.717) is 27.8 Å². The molecule has 1 amide bonds. The number of para-hydroxylation sites is 1. The predicted molar refractivity (Wildman–Crippen MR) is 130 cm³/mol. The number of amides is 1. The number of methoxy groups -OCH3 is 2. The summed E-state index contributed by atoms with van der Waals surface area (Å²) in [7, 11) is 3.19. The topological polar surface area (TPSA) is 65.4 Å². The van der Waals surface area contributed by atoms with E-state index in [-0.39, 0.29) is 5.91 Å². The van der Waals surface area contributed by atoms with Crippen molar-refractivity contribution in [2.24, 2.45) is 0 Å². The molecule has 0 saturated heterocycles. The number of hydrogen-bond donors (Lipinski definition) is 1. The molecule has 1 N–H and O–H groups in total. The number of aromatic nitrogens is 2. The van der Waals surface area contributed by atoms with Crippen molar-refractivity contribution in [3.8, 4) is 28.4 Å². The molecule has 0 bridgehead atoms. The molecule has 1 aliphatic rings. The lowest BCUT2D eigenvalue weighted by Gasteiger charge is -2.09. The van der Waals surface area contributed by atoms with E-state index in [2.05, 4.69) is 5.32 Å². The van der Waals surface area contributed by atoms with Gasteiger partial charge in [0.1, 0.15) is 5.69 Å². The maximum atomic E-state index is 12.8. The van der Waals surface area contributed by atoms with Gasteiger partial charge in [0.2, 0.25) is 0 Å². The summed E-state index contributed by atoms with van der Waals surface area (Å²) in [6, 6.07) is 20.8. The second kappa shape index (κ2) is 8.48. The van der Waals surface area contributed by atoms with Gasteiger partial charge in [0.05, 0.1) is 19.9 Å². The van der Waals surface area contributed by atoms with Crippen molar-refractivity contribution < 1.29 is 14.3 Å².